The van der Waals surface area contributed by atoms with E-state index >= 15 is 0 Å². The molecule has 0 bridgehead atoms. The number of ether oxygens (including phenoxy) is 1. The van der Waals surface area contributed by atoms with E-state index in [2.05, 4.69) is 10.3 Å². The Hall–Kier alpha value is -2.88. The zero-order valence-corrected chi connectivity index (χ0v) is 13.0. The molecule has 1 N–H and O–H groups in total. The van der Waals surface area contributed by atoms with Crippen LogP contribution in [0.5, 0.6) is 5.75 Å². The number of benzene rings is 2. The van der Waals surface area contributed by atoms with Crippen molar-refractivity contribution in [2.75, 3.05) is 13.2 Å². The highest BCUT2D eigenvalue weighted by Crippen LogP contribution is 2.18. The number of aromatic nitrogens is 1. The Labute approximate surface area is 135 Å². The number of rotatable bonds is 5. The molecule has 0 radical (unpaired) electrons. The van der Waals surface area contributed by atoms with Crippen molar-refractivity contribution in [1.29, 1.82) is 0 Å². The molecule has 116 valence electrons. The number of aryl methyl sites for hydroxylation is 1. The Balaban J connectivity index is 1.50. The standard InChI is InChI=1S/C19H18N2O2/c1-14-4-6-16(7-5-14)19(22)21-11-12-23-17-9-8-15-3-2-10-20-18(15)13-17/h2-10,13H,11-12H2,1H3,(H,21,22). The summed E-state index contributed by atoms with van der Waals surface area (Å²) >= 11 is 0. The summed E-state index contributed by atoms with van der Waals surface area (Å²) in [7, 11) is 0. The van der Waals surface area contributed by atoms with Crippen LogP contribution in [0.15, 0.2) is 60.8 Å². The Bertz CT molecular complexity index is 813. The summed E-state index contributed by atoms with van der Waals surface area (Å²) in [6.07, 6.45) is 1.76. The smallest absolute Gasteiger partial charge is 0.251 e. The van der Waals surface area contributed by atoms with Gasteiger partial charge < -0.3 is 10.1 Å². The van der Waals surface area contributed by atoms with E-state index in [1.807, 2.05) is 61.5 Å². The minimum atomic E-state index is -0.0891. The summed E-state index contributed by atoms with van der Waals surface area (Å²) in [4.78, 5) is 16.3. The average Bonchev–Trinajstić information content (AvgIpc) is 2.59. The van der Waals surface area contributed by atoms with E-state index < -0.39 is 0 Å². The summed E-state index contributed by atoms with van der Waals surface area (Å²) in [5, 5.41) is 3.92. The molecule has 3 aromatic rings. The second kappa shape index (κ2) is 6.92. The molecule has 0 atom stereocenters. The lowest BCUT2D eigenvalue weighted by atomic mass is 10.1. The number of hydrogen-bond donors (Lipinski definition) is 1. The van der Waals surface area contributed by atoms with E-state index in [0.717, 1.165) is 22.2 Å². The molecule has 0 saturated heterocycles. The molecule has 4 heteroatoms. The summed E-state index contributed by atoms with van der Waals surface area (Å²) in [6, 6.07) is 17.2. The fourth-order valence-corrected chi connectivity index (χ4v) is 2.28. The topological polar surface area (TPSA) is 51.2 Å². The lowest BCUT2D eigenvalue weighted by Gasteiger charge is -2.08. The van der Waals surface area contributed by atoms with Crippen LogP contribution in [0, 0.1) is 6.92 Å². The Morgan fingerprint density at radius 1 is 1.13 bits per heavy atom. The number of carbonyl (C=O) groups excluding carboxylic acids is 1. The third-order valence-electron chi connectivity index (χ3n) is 3.55. The predicted molar refractivity (Wildman–Crippen MR) is 90.8 cm³/mol. The van der Waals surface area contributed by atoms with E-state index in [9.17, 15) is 4.79 Å². The van der Waals surface area contributed by atoms with Gasteiger partial charge in [0, 0.05) is 23.2 Å². The van der Waals surface area contributed by atoms with Crippen LogP contribution >= 0.6 is 0 Å². The molecule has 0 aliphatic rings. The average molecular weight is 306 g/mol. The van der Waals surface area contributed by atoms with Gasteiger partial charge in [-0.15, -0.1) is 0 Å². The van der Waals surface area contributed by atoms with E-state index in [1.165, 1.54) is 0 Å². The molecule has 0 fully saturated rings. The Kier molecular flexibility index (Phi) is 4.52. The minimum Gasteiger partial charge on any atom is -0.492 e. The normalized spacial score (nSPS) is 10.5. The third-order valence-corrected chi connectivity index (χ3v) is 3.55. The summed E-state index contributed by atoms with van der Waals surface area (Å²) in [6.45, 7) is 2.86. The maximum absolute atomic E-state index is 12.0. The van der Waals surface area contributed by atoms with Gasteiger partial charge >= 0.3 is 0 Å². The van der Waals surface area contributed by atoms with Crippen molar-refractivity contribution in [3.05, 3.63) is 71.9 Å². The molecule has 1 amide bonds. The molecule has 1 aromatic heterocycles. The van der Waals surface area contributed by atoms with Gasteiger partial charge in [0.1, 0.15) is 12.4 Å². The van der Waals surface area contributed by atoms with Crippen molar-refractivity contribution in [2.45, 2.75) is 6.92 Å². The largest absolute Gasteiger partial charge is 0.492 e. The number of carbonyl (C=O) groups is 1. The molecular weight excluding hydrogens is 288 g/mol. The quantitative estimate of drug-likeness (QED) is 0.735. The number of nitrogens with one attached hydrogen (secondary N) is 1. The number of nitrogens with zero attached hydrogens (tertiary/aromatic N) is 1. The van der Waals surface area contributed by atoms with Crippen LogP contribution in [0.3, 0.4) is 0 Å². The second-order valence-electron chi connectivity index (χ2n) is 5.33. The van der Waals surface area contributed by atoms with Crippen molar-refractivity contribution in [3.63, 3.8) is 0 Å². The van der Waals surface area contributed by atoms with Gasteiger partial charge in [-0.05, 0) is 37.3 Å². The van der Waals surface area contributed by atoms with Crippen LogP contribution in [0.1, 0.15) is 15.9 Å². The Morgan fingerprint density at radius 3 is 2.78 bits per heavy atom. The third kappa shape index (κ3) is 3.86. The number of hydrogen-bond acceptors (Lipinski definition) is 3. The van der Waals surface area contributed by atoms with Crippen molar-refractivity contribution < 1.29 is 9.53 Å². The molecule has 0 aliphatic carbocycles. The van der Waals surface area contributed by atoms with Crippen molar-refractivity contribution in [2.24, 2.45) is 0 Å². The van der Waals surface area contributed by atoms with E-state index in [0.29, 0.717) is 18.7 Å². The van der Waals surface area contributed by atoms with Gasteiger partial charge in [-0.25, -0.2) is 0 Å². The van der Waals surface area contributed by atoms with Crippen LogP contribution < -0.4 is 10.1 Å². The number of pyridine rings is 1. The molecule has 4 nitrogen and oxygen atoms in total. The maximum atomic E-state index is 12.0. The van der Waals surface area contributed by atoms with Gasteiger partial charge in [0.05, 0.1) is 12.1 Å². The summed E-state index contributed by atoms with van der Waals surface area (Å²) in [5.41, 5.74) is 2.69. The van der Waals surface area contributed by atoms with Crippen molar-refractivity contribution in [3.8, 4) is 5.75 Å². The highest BCUT2D eigenvalue weighted by atomic mass is 16.5. The van der Waals surface area contributed by atoms with Crippen LogP contribution in [0.4, 0.5) is 0 Å². The molecule has 2 aromatic carbocycles. The van der Waals surface area contributed by atoms with Crippen LogP contribution in [-0.2, 0) is 0 Å². The lowest BCUT2D eigenvalue weighted by Crippen LogP contribution is -2.28. The monoisotopic (exact) mass is 306 g/mol. The van der Waals surface area contributed by atoms with Gasteiger partial charge in [0.25, 0.3) is 5.91 Å². The first-order valence-corrected chi connectivity index (χ1v) is 7.55. The molecule has 3 rings (SSSR count). The highest BCUT2D eigenvalue weighted by Gasteiger charge is 2.04. The molecule has 0 aliphatic heterocycles. The van der Waals surface area contributed by atoms with Gasteiger partial charge in [-0.3, -0.25) is 9.78 Å². The molecule has 0 saturated carbocycles. The molecule has 0 spiro atoms. The lowest BCUT2D eigenvalue weighted by molar-refractivity contribution is 0.0947. The van der Waals surface area contributed by atoms with Gasteiger partial charge in [-0.1, -0.05) is 23.8 Å². The molecule has 0 unspecified atom stereocenters. The predicted octanol–water partition coefficient (Wildman–Crippen LogP) is 3.35. The zero-order chi connectivity index (χ0) is 16.1. The maximum Gasteiger partial charge on any atom is 0.251 e. The number of amides is 1. The molecule has 23 heavy (non-hydrogen) atoms. The number of fused-ring (bicyclic) bond motifs is 1. The zero-order valence-electron chi connectivity index (χ0n) is 13.0. The first-order chi connectivity index (χ1) is 11.2. The van der Waals surface area contributed by atoms with Gasteiger partial charge in [-0.2, -0.15) is 0 Å². The fourth-order valence-electron chi connectivity index (χ4n) is 2.28. The van der Waals surface area contributed by atoms with E-state index in [4.69, 9.17) is 4.74 Å². The summed E-state index contributed by atoms with van der Waals surface area (Å²) < 4.78 is 5.66. The van der Waals surface area contributed by atoms with E-state index in [1.54, 1.807) is 6.20 Å². The van der Waals surface area contributed by atoms with Crippen molar-refractivity contribution in [1.82, 2.24) is 10.3 Å². The van der Waals surface area contributed by atoms with E-state index in [-0.39, 0.29) is 5.91 Å². The van der Waals surface area contributed by atoms with Crippen LogP contribution in [0.25, 0.3) is 10.9 Å². The minimum absolute atomic E-state index is 0.0891. The fraction of sp³-hybridized carbons (Fsp3) is 0.158. The SMILES string of the molecule is Cc1ccc(C(=O)NCCOc2ccc3cccnc3c2)cc1. The molecular formula is C19H18N2O2. The van der Waals surface area contributed by atoms with Gasteiger partial charge in [0.15, 0.2) is 0 Å². The second-order valence-corrected chi connectivity index (χ2v) is 5.33. The summed E-state index contributed by atoms with van der Waals surface area (Å²) in [5.74, 6) is 0.662. The first kappa shape index (κ1) is 15.0. The Morgan fingerprint density at radius 2 is 1.96 bits per heavy atom. The molecule has 1 heterocycles. The van der Waals surface area contributed by atoms with Gasteiger partial charge in [0.2, 0.25) is 0 Å². The van der Waals surface area contributed by atoms with Crippen molar-refractivity contribution >= 4 is 16.8 Å². The van der Waals surface area contributed by atoms with Crippen LogP contribution in [0.2, 0.25) is 0 Å². The first-order valence-electron chi connectivity index (χ1n) is 7.55. The van der Waals surface area contributed by atoms with Crippen LogP contribution in [-0.4, -0.2) is 24.0 Å². The highest BCUT2D eigenvalue weighted by molar-refractivity contribution is 5.94.